The van der Waals surface area contributed by atoms with E-state index in [1.54, 1.807) is 19.9 Å². The van der Waals surface area contributed by atoms with Gasteiger partial charge in [0.2, 0.25) is 5.89 Å². The minimum absolute atomic E-state index is 0.140. The topological polar surface area (TPSA) is 85.1 Å². The predicted octanol–water partition coefficient (Wildman–Crippen LogP) is 3.35. The molecule has 1 aromatic carbocycles. The molecular formula is C14H12FN3O3S2. The summed E-state index contributed by atoms with van der Waals surface area (Å²) in [5, 5.41) is 7.65. The SMILES string of the molecule is Cc1nnc(-c2cc(NS(=O)(=O)c3cccc(F)c3)c(C)s2)o1. The molecule has 9 heteroatoms. The lowest BCUT2D eigenvalue weighted by Gasteiger charge is -2.07. The molecule has 3 rings (SSSR count). The second-order valence-electron chi connectivity index (χ2n) is 4.77. The van der Waals surface area contributed by atoms with Gasteiger partial charge in [-0.25, -0.2) is 12.8 Å². The van der Waals surface area contributed by atoms with Gasteiger partial charge in [0.15, 0.2) is 0 Å². The number of thiophene rings is 1. The fourth-order valence-electron chi connectivity index (χ4n) is 1.92. The molecule has 0 amide bonds. The lowest BCUT2D eigenvalue weighted by Crippen LogP contribution is -2.13. The number of rotatable bonds is 4. The van der Waals surface area contributed by atoms with Crippen LogP contribution in [0, 0.1) is 19.7 Å². The summed E-state index contributed by atoms with van der Waals surface area (Å²) >= 11 is 1.32. The molecular weight excluding hydrogens is 341 g/mol. The van der Waals surface area contributed by atoms with Crippen LogP contribution in [0.2, 0.25) is 0 Å². The number of nitrogens with one attached hydrogen (secondary N) is 1. The van der Waals surface area contributed by atoms with Crippen LogP contribution in [0.15, 0.2) is 39.6 Å². The van der Waals surface area contributed by atoms with Crippen LogP contribution in [-0.4, -0.2) is 18.6 Å². The zero-order valence-corrected chi connectivity index (χ0v) is 13.8. The Balaban J connectivity index is 1.92. The minimum atomic E-state index is -3.87. The number of anilines is 1. The second-order valence-corrected chi connectivity index (χ2v) is 7.71. The maximum atomic E-state index is 13.2. The van der Waals surface area contributed by atoms with Crippen LogP contribution < -0.4 is 4.72 Å². The van der Waals surface area contributed by atoms with Gasteiger partial charge in [-0.3, -0.25) is 4.72 Å². The number of halogens is 1. The Morgan fingerprint density at radius 3 is 2.65 bits per heavy atom. The zero-order chi connectivity index (χ0) is 16.6. The summed E-state index contributed by atoms with van der Waals surface area (Å²) in [6, 6.07) is 6.44. The molecule has 0 saturated carbocycles. The Kier molecular flexibility index (Phi) is 3.90. The quantitative estimate of drug-likeness (QED) is 0.777. The summed E-state index contributed by atoms with van der Waals surface area (Å²) < 4.78 is 45.7. The second kappa shape index (κ2) is 5.74. The van der Waals surface area contributed by atoms with Gasteiger partial charge in [0.25, 0.3) is 15.9 Å². The third kappa shape index (κ3) is 3.25. The first kappa shape index (κ1) is 15.6. The molecule has 0 aliphatic rings. The van der Waals surface area contributed by atoms with Crippen LogP contribution in [0.3, 0.4) is 0 Å². The number of aryl methyl sites for hydroxylation is 2. The molecule has 1 N–H and O–H groups in total. The van der Waals surface area contributed by atoms with Crippen molar-refractivity contribution in [2.75, 3.05) is 4.72 Å². The van der Waals surface area contributed by atoms with E-state index in [9.17, 15) is 12.8 Å². The van der Waals surface area contributed by atoms with Gasteiger partial charge >= 0.3 is 0 Å². The van der Waals surface area contributed by atoms with Crippen LogP contribution in [0.1, 0.15) is 10.8 Å². The Hall–Kier alpha value is -2.26. The number of nitrogens with zero attached hydrogens (tertiary/aromatic N) is 2. The van der Waals surface area contributed by atoms with Crippen molar-refractivity contribution < 1.29 is 17.2 Å². The molecule has 0 bridgehead atoms. The third-order valence-corrected chi connectivity index (χ3v) is 5.41. The van der Waals surface area contributed by atoms with Crippen LogP contribution in [0.25, 0.3) is 10.8 Å². The van der Waals surface area contributed by atoms with Crippen molar-refractivity contribution in [2.45, 2.75) is 18.7 Å². The lowest BCUT2D eigenvalue weighted by molar-refractivity contribution is 0.534. The minimum Gasteiger partial charge on any atom is -0.420 e. The van der Waals surface area contributed by atoms with Gasteiger partial charge in [-0.1, -0.05) is 6.07 Å². The monoisotopic (exact) mass is 353 g/mol. The molecule has 3 aromatic rings. The van der Waals surface area contributed by atoms with E-state index in [-0.39, 0.29) is 4.90 Å². The summed E-state index contributed by atoms with van der Waals surface area (Å²) in [7, 11) is -3.87. The Bertz CT molecular complexity index is 963. The highest BCUT2D eigenvalue weighted by Crippen LogP contribution is 2.34. The highest BCUT2D eigenvalue weighted by atomic mass is 32.2. The smallest absolute Gasteiger partial charge is 0.262 e. The van der Waals surface area contributed by atoms with E-state index in [4.69, 9.17) is 4.42 Å². The van der Waals surface area contributed by atoms with Crippen molar-refractivity contribution in [3.05, 3.63) is 46.9 Å². The Morgan fingerprint density at radius 2 is 2.00 bits per heavy atom. The highest BCUT2D eigenvalue weighted by molar-refractivity contribution is 7.92. The van der Waals surface area contributed by atoms with Crippen molar-refractivity contribution in [1.82, 2.24) is 10.2 Å². The normalized spacial score (nSPS) is 11.6. The first-order chi connectivity index (χ1) is 10.8. The molecule has 0 aliphatic carbocycles. The lowest BCUT2D eigenvalue weighted by atomic mass is 10.4. The highest BCUT2D eigenvalue weighted by Gasteiger charge is 2.19. The van der Waals surface area contributed by atoms with E-state index in [1.165, 1.54) is 29.5 Å². The molecule has 0 radical (unpaired) electrons. The van der Waals surface area contributed by atoms with E-state index in [0.717, 1.165) is 10.9 Å². The number of hydrogen-bond acceptors (Lipinski definition) is 6. The molecule has 0 saturated heterocycles. The van der Waals surface area contributed by atoms with Crippen LogP contribution >= 0.6 is 11.3 Å². The maximum Gasteiger partial charge on any atom is 0.262 e. The first-order valence-corrected chi connectivity index (χ1v) is 8.84. The van der Waals surface area contributed by atoms with Gasteiger partial charge in [0.1, 0.15) is 5.82 Å². The van der Waals surface area contributed by atoms with Crippen molar-refractivity contribution in [3.8, 4) is 10.8 Å². The summed E-state index contributed by atoms with van der Waals surface area (Å²) in [6.45, 7) is 3.44. The van der Waals surface area contributed by atoms with Crippen LogP contribution in [-0.2, 0) is 10.0 Å². The molecule has 23 heavy (non-hydrogen) atoms. The third-order valence-electron chi connectivity index (χ3n) is 3.01. The van der Waals surface area contributed by atoms with Gasteiger partial charge in [-0.05, 0) is 31.2 Å². The maximum absolute atomic E-state index is 13.2. The molecule has 0 unspecified atom stereocenters. The van der Waals surface area contributed by atoms with Gasteiger partial charge in [0.05, 0.1) is 15.5 Å². The molecule has 120 valence electrons. The molecule has 0 aliphatic heterocycles. The van der Waals surface area contributed by atoms with E-state index < -0.39 is 15.8 Å². The average molecular weight is 353 g/mol. The molecule has 0 atom stereocenters. The fraction of sp³-hybridized carbons (Fsp3) is 0.143. The number of aromatic nitrogens is 2. The van der Waals surface area contributed by atoms with Gasteiger partial charge in [-0.15, -0.1) is 21.5 Å². The summed E-state index contributed by atoms with van der Waals surface area (Å²) in [4.78, 5) is 1.24. The van der Waals surface area contributed by atoms with Crippen molar-refractivity contribution >= 4 is 27.0 Å². The predicted molar refractivity (Wildman–Crippen MR) is 84.3 cm³/mol. The molecule has 6 nitrogen and oxygen atoms in total. The summed E-state index contributed by atoms with van der Waals surface area (Å²) in [5.41, 5.74) is 0.394. The molecule has 2 aromatic heterocycles. The van der Waals surface area contributed by atoms with Crippen molar-refractivity contribution in [2.24, 2.45) is 0 Å². The molecule has 2 heterocycles. The summed E-state index contributed by atoms with van der Waals surface area (Å²) in [5.74, 6) is 0.136. The van der Waals surface area contributed by atoms with Gasteiger partial charge in [0, 0.05) is 11.8 Å². The van der Waals surface area contributed by atoms with Crippen molar-refractivity contribution in [3.63, 3.8) is 0 Å². The molecule has 0 spiro atoms. The number of hydrogen-bond donors (Lipinski definition) is 1. The van der Waals surface area contributed by atoms with Crippen LogP contribution in [0.4, 0.5) is 10.1 Å². The Labute approximate surface area is 136 Å². The fourth-order valence-corrected chi connectivity index (χ4v) is 4.03. The summed E-state index contributed by atoms with van der Waals surface area (Å²) in [6.07, 6.45) is 0. The Morgan fingerprint density at radius 1 is 1.22 bits per heavy atom. The molecule has 0 fully saturated rings. The largest absolute Gasteiger partial charge is 0.420 e. The standard InChI is InChI=1S/C14H12FN3O3S2/c1-8-12(7-13(22-8)14-17-16-9(2)21-14)18-23(19,20)11-5-3-4-10(15)6-11/h3-7,18H,1-2H3. The zero-order valence-electron chi connectivity index (χ0n) is 12.2. The van der Waals surface area contributed by atoms with Crippen LogP contribution in [0.5, 0.6) is 0 Å². The first-order valence-electron chi connectivity index (χ1n) is 6.54. The van der Waals surface area contributed by atoms with Gasteiger partial charge in [-0.2, -0.15) is 0 Å². The van der Waals surface area contributed by atoms with E-state index in [0.29, 0.717) is 22.3 Å². The number of sulfonamides is 1. The van der Waals surface area contributed by atoms with E-state index >= 15 is 0 Å². The number of benzene rings is 1. The van der Waals surface area contributed by atoms with E-state index in [2.05, 4.69) is 14.9 Å². The van der Waals surface area contributed by atoms with Gasteiger partial charge < -0.3 is 4.42 Å². The average Bonchev–Trinajstić information content (AvgIpc) is 3.06. The van der Waals surface area contributed by atoms with E-state index in [1.807, 2.05) is 0 Å². The van der Waals surface area contributed by atoms with Crippen molar-refractivity contribution in [1.29, 1.82) is 0 Å².